The molecule has 16 heavy (non-hydrogen) atoms. The second-order valence-electron chi connectivity index (χ2n) is 3.82. The van der Waals surface area contributed by atoms with Gasteiger partial charge in [-0.25, -0.2) is 0 Å². The summed E-state index contributed by atoms with van der Waals surface area (Å²) in [4.78, 5) is 26.4. The van der Waals surface area contributed by atoms with Gasteiger partial charge in [-0.1, -0.05) is 6.07 Å². The fourth-order valence-electron chi connectivity index (χ4n) is 1.64. The first-order valence-electron chi connectivity index (χ1n) is 5.14. The maximum absolute atomic E-state index is 11.3. The second kappa shape index (κ2) is 4.40. The number of aryl methyl sites for hydroxylation is 1. The van der Waals surface area contributed by atoms with Gasteiger partial charge >= 0.3 is 0 Å². The van der Waals surface area contributed by atoms with Crippen LogP contribution >= 0.6 is 0 Å². The molecule has 0 aliphatic carbocycles. The summed E-state index contributed by atoms with van der Waals surface area (Å²) in [5, 5.41) is 5.28. The van der Waals surface area contributed by atoms with Crippen LogP contribution < -0.4 is 10.6 Å². The molecule has 0 radical (unpaired) electrons. The first-order valence-corrected chi connectivity index (χ1v) is 5.14. The maximum atomic E-state index is 11.3. The molecule has 2 amide bonds. The van der Waals surface area contributed by atoms with Gasteiger partial charge in [0, 0.05) is 12.7 Å². The lowest BCUT2D eigenvalue weighted by molar-refractivity contribution is -0.125. The van der Waals surface area contributed by atoms with Gasteiger partial charge in [0.05, 0.1) is 18.2 Å². The van der Waals surface area contributed by atoms with Gasteiger partial charge in [-0.05, 0) is 18.6 Å². The van der Waals surface area contributed by atoms with Crippen molar-refractivity contribution in [1.82, 2.24) is 15.6 Å². The summed E-state index contributed by atoms with van der Waals surface area (Å²) in [6, 6.07) is 3.41. The molecule has 5 heteroatoms. The monoisotopic (exact) mass is 219 g/mol. The van der Waals surface area contributed by atoms with Gasteiger partial charge in [0.2, 0.25) is 11.8 Å². The summed E-state index contributed by atoms with van der Waals surface area (Å²) in [7, 11) is 0. The van der Waals surface area contributed by atoms with Crippen molar-refractivity contribution >= 4 is 11.8 Å². The van der Waals surface area contributed by atoms with Crippen LogP contribution in [-0.4, -0.2) is 22.8 Å². The predicted molar refractivity (Wildman–Crippen MR) is 57.4 cm³/mol. The number of nitrogens with one attached hydrogen (secondary N) is 2. The van der Waals surface area contributed by atoms with Crippen molar-refractivity contribution in [3.8, 4) is 0 Å². The minimum absolute atomic E-state index is 0.213. The van der Waals surface area contributed by atoms with Crippen LogP contribution in [0.1, 0.15) is 17.7 Å². The molecule has 0 bridgehead atoms. The van der Waals surface area contributed by atoms with E-state index in [0.29, 0.717) is 6.54 Å². The zero-order valence-electron chi connectivity index (χ0n) is 8.99. The van der Waals surface area contributed by atoms with Crippen molar-refractivity contribution < 1.29 is 9.59 Å². The molecule has 1 aromatic heterocycles. The number of hydrogen-bond acceptors (Lipinski definition) is 4. The molecule has 1 saturated heterocycles. The summed E-state index contributed by atoms with van der Waals surface area (Å²) >= 11 is 0. The van der Waals surface area contributed by atoms with Crippen LogP contribution in [0, 0.1) is 6.92 Å². The molecule has 2 N–H and O–H groups in total. The Morgan fingerprint density at radius 2 is 2.38 bits per heavy atom. The highest BCUT2D eigenvalue weighted by molar-refractivity contribution is 6.05. The SMILES string of the molecule is Cc1cccnc1CNC1CC(=O)NC1=O. The van der Waals surface area contributed by atoms with E-state index in [-0.39, 0.29) is 18.2 Å². The lowest BCUT2D eigenvalue weighted by Crippen LogP contribution is -2.36. The number of nitrogens with zero attached hydrogens (tertiary/aromatic N) is 1. The summed E-state index contributed by atoms with van der Waals surface area (Å²) in [6.07, 6.45) is 1.93. The fraction of sp³-hybridized carbons (Fsp3) is 0.364. The lowest BCUT2D eigenvalue weighted by Gasteiger charge is -2.09. The molecule has 1 unspecified atom stereocenters. The van der Waals surface area contributed by atoms with E-state index < -0.39 is 6.04 Å². The van der Waals surface area contributed by atoms with Crippen LogP contribution in [0.15, 0.2) is 18.3 Å². The largest absolute Gasteiger partial charge is 0.300 e. The van der Waals surface area contributed by atoms with Crippen LogP contribution in [0.25, 0.3) is 0 Å². The minimum Gasteiger partial charge on any atom is -0.300 e. The molecule has 2 heterocycles. The molecular formula is C11H13N3O2. The van der Waals surface area contributed by atoms with Crippen molar-refractivity contribution in [2.75, 3.05) is 0 Å². The van der Waals surface area contributed by atoms with Gasteiger partial charge in [0.1, 0.15) is 0 Å². The number of imide groups is 1. The molecular weight excluding hydrogens is 206 g/mol. The van der Waals surface area contributed by atoms with Crippen LogP contribution in [0.2, 0.25) is 0 Å². The number of carbonyl (C=O) groups is 2. The normalized spacial score (nSPS) is 19.9. The molecule has 0 saturated carbocycles. The van der Waals surface area contributed by atoms with Gasteiger partial charge in [0.15, 0.2) is 0 Å². The van der Waals surface area contributed by atoms with Crippen molar-refractivity contribution in [2.24, 2.45) is 0 Å². The average Bonchev–Trinajstić information content (AvgIpc) is 2.56. The lowest BCUT2D eigenvalue weighted by atomic mass is 10.2. The highest BCUT2D eigenvalue weighted by Gasteiger charge is 2.29. The molecule has 84 valence electrons. The highest BCUT2D eigenvalue weighted by Crippen LogP contribution is 2.06. The molecule has 2 rings (SSSR count). The van der Waals surface area contributed by atoms with Gasteiger partial charge in [-0.3, -0.25) is 25.2 Å². The highest BCUT2D eigenvalue weighted by atomic mass is 16.2. The first kappa shape index (κ1) is 10.8. The van der Waals surface area contributed by atoms with E-state index in [1.807, 2.05) is 19.1 Å². The van der Waals surface area contributed by atoms with Crippen LogP contribution in [0.5, 0.6) is 0 Å². The predicted octanol–water partition coefficient (Wildman–Crippen LogP) is -0.105. The zero-order valence-corrected chi connectivity index (χ0v) is 8.99. The third kappa shape index (κ3) is 2.25. The van der Waals surface area contributed by atoms with E-state index in [1.54, 1.807) is 6.20 Å². The summed E-state index contributed by atoms with van der Waals surface area (Å²) < 4.78 is 0. The third-order valence-corrected chi connectivity index (χ3v) is 2.60. The smallest absolute Gasteiger partial charge is 0.244 e. The Bertz CT molecular complexity index is 431. The van der Waals surface area contributed by atoms with E-state index in [2.05, 4.69) is 15.6 Å². The summed E-state index contributed by atoms with van der Waals surface area (Å²) in [6.45, 7) is 2.46. The van der Waals surface area contributed by atoms with E-state index in [1.165, 1.54) is 0 Å². The Hall–Kier alpha value is -1.75. The first-order chi connectivity index (χ1) is 7.66. The Morgan fingerprint density at radius 3 is 3.00 bits per heavy atom. The molecule has 1 aliphatic heterocycles. The van der Waals surface area contributed by atoms with Gasteiger partial charge in [-0.2, -0.15) is 0 Å². The summed E-state index contributed by atoms with van der Waals surface area (Å²) in [5.74, 6) is -0.473. The minimum atomic E-state index is -0.422. The number of rotatable bonds is 3. The molecule has 1 atom stereocenters. The van der Waals surface area contributed by atoms with Crippen LogP contribution in [0.3, 0.4) is 0 Å². The number of pyridine rings is 1. The molecule has 0 spiro atoms. The van der Waals surface area contributed by atoms with Crippen molar-refractivity contribution in [3.05, 3.63) is 29.6 Å². The van der Waals surface area contributed by atoms with Crippen LogP contribution in [0.4, 0.5) is 0 Å². The fourth-order valence-corrected chi connectivity index (χ4v) is 1.64. The number of amides is 2. The average molecular weight is 219 g/mol. The van der Waals surface area contributed by atoms with E-state index >= 15 is 0 Å². The third-order valence-electron chi connectivity index (χ3n) is 2.60. The Kier molecular flexibility index (Phi) is 2.96. The maximum Gasteiger partial charge on any atom is 0.244 e. The Balaban J connectivity index is 1.95. The number of aromatic nitrogens is 1. The van der Waals surface area contributed by atoms with E-state index in [9.17, 15) is 9.59 Å². The van der Waals surface area contributed by atoms with Crippen molar-refractivity contribution in [2.45, 2.75) is 25.9 Å². The number of hydrogen-bond donors (Lipinski definition) is 2. The molecule has 0 aromatic carbocycles. The van der Waals surface area contributed by atoms with Gasteiger partial charge < -0.3 is 0 Å². The van der Waals surface area contributed by atoms with E-state index in [4.69, 9.17) is 0 Å². The standard InChI is InChI=1S/C11H13N3O2/c1-7-3-2-4-12-9(7)6-13-8-5-10(15)14-11(8)16/h2-4,8,13H,5-6H2,1H3,(H,14,15,16). The molecule has 1 fully saturated rings. The quantitative estimate of drug-likeness (QED) is 0.696. The summed E-state index contributed by atoms with van der Waals surface area (Å²) in [5.41, 5.74) is 1.97. The van der Waals surface area contributed by atoms with Crippen molar-refractivity contribution in [3.63, 3.8) is 0 Å². The Labute approximate surface area is 93.3 Å². The van der Waals surface area contributed by atoms with Gasteiger partial charge in [0.25, 0.3) is 0 Å². The molecule has 1 aromatic rings. The Morgan fingerprint density at radius 1 is 1.56 bits per heavy atom. The van der Waals surface area contributed by atoms with E-state index in [0.717, 1.165) is 11.3 Å². The van der Waals surface area contributed by atoms with Crippen molar-refractivity contribution in [1.29, 1.82) is 0 Å². The topological polar surface area (TPSA) is 71.1 Å². The second-order valence-corrected chi connectivity index (χ2v) is 3.82. The molecule has 5 nitrogen and oxygen atoms in total. The molecule has 1 aliphatic rings. The van der Waals surface area contributed by atoms with Gasteiger partial charge in [-0.15, -0.1) is 0 Å². The van der Waals surface area contributed by atoms with Crippen LogP contribution in [-0.2, 0) is 16.1 Å². The zero-order chi connectivity index (χ0) is 11.5. The number of carbonyl (C=O) groups excluding carboxylic acids is 2.